The van der Waals surface area contributed by atoms with Crippen LogP contribution in [0.2, 0.25) is 0 Å². The van der Waals surface area contributed by atoms with Crippen molar-refractivity contribution < 1.29 is 9.47 Å². The number of hydrogen-bond acceptors (Lipinski definition) is 8. The van der Waals surface area contributed by atoms with Crippen molar-refractivity contribution in [2.75, 3.05) is 5.32 Å². The van der Waals surface area contributed by atoms with E-state index in [2.05, 4.69) is 25.5 Å². The molecule has 2 heterocycles. The maximum absolute atomic E-state index is 8.84. The van der Waals surface area contributed by atoms with Gasteiger partial charge in [0.2, 0.25) is 0 Å². The highest BCUT2D eigenvalue weighted by Crippen LogP contribution is 2.40. The Balaban J connectivity index is 1.62. The number of aromatic nitrogens is 4. The van der Waals surface area contributed by atoms with Crippen molar-refractivity contribution in [2.24, 2.45) is 5.73 Å². The molecule has 1 aromatic carbocycles. The van der Waals surface area contributed by atoms with E-state index in [-0.39, 0.29) is 23.9 Å². The summed E-state index contributed by atoms with van der Waals surface area (Å²) >= 11 is 0. The Bertz CT molecular complexity index is 1050. The van der Waals surface area contributed by atoms with Crippen molar-refractivity contribution in [3.63, 3.8) is 0 Å². The van der Waals surface area contributed by atoms with E-state index in [1.54, 1.807) is 0 Å². The average Bonchev–Trinajstić information content (AvgIpc) is 3.15. The molecule has 30 heavy (non-hydrogen) atoms. The van der Waals surface area contributed by atoms with E-state index < -0.39 is 0 Å². The van der Waals surface area contributed by atoms with Gasteiger partial charge in [-0.05, 0) is 38.8 Å². The standard InChI is InChI=1S/C21H23N7O2/c1-12(2)29-17-4-3-5-18(30-15-6-13(23)7-15)21(17)16-8-19(28-27-16)26-20-11-24-14(9-22)10-25-20/h3-5,8,10-13,15H,6-7,23H2,1-2H3,(H2,25,26,27,28)/t13-,15-. The Hall–Kier alpha value is -3.64. The first-order chi connectivity index (χ1) is 14.5. The predicted octanol–water partition coefficient (Wildman–Crippen LogP) is 3.14. The van der Waals surface area contributed by atoms with Gasteiger partial charge in [-0.25, -0.2) is 9.97 Å². The first-order valence-electron chi connectivity index (χ1n) is 9.78. The Morgan fingerprint density at radius 3 is 2.67 bits per heavy atom. The van der Waals surface area contributed by atoms with Crippen molar-refractivity contribution in [3.05, 3.63) is 42.4 Å². The Labute approximate surface area is 174 Å². The van der Waals surface area contributed by atoms with Crippen molar-refractivity contribution in [1.29, 1.82) is 5.26 Å². The van der Waals surface area contributed by atoms with Crippen LogP contribution in [0.15, 0.2) is 36.7 Å². The molecule has 1 aliphatic rings. The van der Waals surface area contributed by atoms with Gasteiger partial charge in [-0.3, -0.25) is 5.10 Å². The van der Waals surface area contributed by atoms with E-state index in [4.69, 9.17) is 20.5 Å². The summed E-state index contributed by atoms with van der Waals surface area (Å²) in [5.74, 6) is 2.47. The largest absolute Gasteiger partial charge is 0.490 e. The van der Waals surface area contributed by atoms with Gasteiger partial charge >= 0.3 is 0 Å². The van der Waals surface area contributed by atoms with Gasteiger partial charge in [-0.15, -0.1) is 0 Å². The fourth-order valence-corrected chi connectivity index (χ4v) is 3.20. The molecule has 1 saturated carbocycles. The summed E-state index contributed by atoms with van der Waals surface area (Å²) in [4.78, 5) is 8.15. The number of aromatic amines is 1. The number of rotatable bonds is 7. The molecule has 0 spiro atoms. The summed E-state index contributed by atoms with van der Waals surface area (Å²) in [5, 5.41) is 19.3. The molecule has 3 aromatic rings. The Kier molecular flexibility index (Phi) is 5.50. The van der Waals surface area contributed by atoms with Gasteiger partial charge in [0.25, 0.3) is 0 Å². The van der Waals surface area contributed by atoms with Crippen LogP contribution in [0, 0.1) is 11.3 Å². The number of anilines is 2. The van der Waals surface area contributed by atoms with Crippen LogP contribution in [0.4, 0.5) is 11.6 Å². The van der Waals surface area contributed by atoms with Crippen molar-refractivity contribution in [3.8, 4) is 28.8 Å². The van der Waals surface area contributed by atoms with E-state index >= 15 is 0 Å². The van der Waals surface area contributed by atoms with Crippen LogP contribution in [0.25, 0.3) is 11.3 Å². The molecule has 154 valence electrons. The summed E-state index contributed by atoms with van der Waals surface area (Å²) in [5.41, 5.74) is 7.70. The maximum Gasteiger partial charge on any atom is 0.158 e. The SMILES string of the molecule is CC(C)Oc1cccc(O[C@H]2C[C@H](N)C2)c1-c1cc(Nc2cnc(C#N)cn2)n[nH]1. The highest BCUT2D eigenvalue weighted by atomic mass is 16.5. The summed E-state index contributed by atoms with van der Waals surface area (Å²) in [6, 6.07) is 9.74. The summed E-state index contributed by atoms with van der Waals surface area (Å²) < 4.78 is 12.2. The fraction of sp³-hybridized carbons (Fsp3) is 0.333. The van der Waals surface area contributed by atoms with Crippen molar-refractivity contribution in [2.45, 2.75) is 44.9 Å². The van der Waals surface area contributed by atoms with Gasteiger partial charge in [-0.2, -0.15) is 10.4 Å². The van der Waals surface area contributed by atoms with Crippen molar-refractivity contribution >= 4 is 11.6 Å². The van der Waals surface area contributed by atoms with Crippen LogP contribution in [-0.4, -0.2) is 38.4 Å². The van der Waals surface area contributed by atoms with Crippen LogP contribution in [0.3, 0.4) is 0 Å². The maximum atomic E-state index is 8.84. The number of nitrogens with one attached hydrogen (secondary N) is 2. The van der Waals surface area contributed by atoms with Crippen LogP contribution in [0.1, 0.15) is 32.4 Å². The van der Waals surface area contributed by atoms with Gasteiger partial charge in [0.15, 0.2) is 11.5 Å². The highest BCUT2D eigenvalue weighted by molar-refractivity contribution is 5.76. The van der Waals surface area contributed by atoms with E-state index in [0.717, 1.165) is 29.8 Å². The van der Waals surface area contributed by atoms with Crippen LogP contribution in [-0.2, 0) is 0 Å². The van der Waals surface area contributed by atoms with Crippen LogP contribution < -0.4 is 20.5 Å². The quantitative estimate of drug-likeness (QED) is 0.546. The van der Waals surface area contributed by atoms with Gasteiger partial charge in [0, 0.05) is 12.1 Å². The minimum absolute atomic E-state index is 0.00515. The normalized spacial score (nSPS) is 17.8. The Morgan fingerprint density at radius 2 is 2.00 bits per heavy atom. The molecule has 0 amide bonds. The molecule has 1 aliphatic carbocycles. The minimum Gasteiger partial charge on any atom is -0.490 e. The molecule has 0 unspecified atom stereocenters. The molecular formula is C21H23N7O2. The number of nitriles is 1. The number of nitrogens with zero attached hydrogens (tertiary/aromatic N) is 4. The first kappa shape index (κ1) is 19.7. The number of nitrogens with two attached hydrogens (primary N) is 1. The predicted molar refractivity (Wildman–Crippen MR) is 111 cm³/mol. The summed E-state index contributed by atoms with van der Waals surface area (Å²) in [7, 11) is 0. The smallest absolute Gasteiger partial charge is 0.158 e. The highest BCUT2D eigenvalue weighted by Gasteiger charge is 2.29. The molecule has 9 nitrogen and oxygen atoms in total. The van der Waals surface area contributed by atoms with E-state index in [1.165, 1.54) is 12.4 Å². The number of hydrogen-bond donors (Lipinski definition) is 3. The fourth-order valence-electron chi connectivity index (χ4n) is 3.20. The second kappa shape index (κ2) is 8.39. The van der Waals surface area contributed by atoms with Crippen LogP contribution in [0.5, 0.6) is 11.5 Å². The van der Waals surface area contributed by atoms with Gasteiger partial charge < -0.3 is 20.5 Å². The number of ether oxygens (including phenoxy) is 2. The molecule has 4 rings (SSSR count). The molecule has 9 heteroatoms. The third-order valence-electron chi connectivity index (χ3n) is 4.65. The molecule has 0 atom stereocenters. The second-order valence-electron chi connectivity index (χ2n) is 7.46. The van der Waals surface area contributed by atoms with Crippen molar-refractivity contribution in [1.82, 2.24) is 20.2 Å². The third-order valence-corrected chi connectivity index (χ3v) is 4.65. The number of benzene rings is 1. The topological polar surface area (TPSA) is 135 Å². The van der Waals surface area contributed by atoms with Gasteiger partial charge in [-0.1, -0.05) is 6.07 Å². The molecule has 0 saturated heterocycles. The lowest BCUT2D eigenvalue weighted by Gasteiger charge is -2.33. The van der Waals surface area contributed by atoms with Crippen LogP contribution >= 0.6 is 0 Å². The van der Waals surface area contributed by atoms with Gasteiger partial charge in [0.05, 0.1) is 29.8 Å². The monoisotopic (exact) mass is 405 g/mol. The molecule has 4 N–H and O–H groups in total. The zero-order valence-corrected chi connectivity index (χ0v) is 16.8. The first-order valence-corrected chi connectivity index (χ1v) is 9.78. The lowest BCUT2D eigenvalue weighted by molar-refractivity contribution is 0.101. The zero-order valence-electron chi connectivity index (χ0n) is 16.8. The van der Waals surface area contributed by atoms with E-state index in [0.29, 0.717) is 17.4 Å². The molecular weight excluding hydrogens is 382 g/mol. The van der Waals surface area contributed by atoms with E-state index in [9.17, 15) is 0 Å². The minimum atomic E-state index is 0.00515. The lowest BCUT2D eigenvalue weighted by atomic mass is 9.90. The molecule has 0 bridgehead atoms. The molecule has 0 radical (unpaired) electrons. The third kappa shape index (κ3) is 4.34. The number of H-pyrrole nitrogens is 1. The zero-order chi connectivity index (χ0) is 21.1. The summed E-state index contributed by atoms with van der Waals surface area (Å²) in [6.07, 6.45) is 4.66. The average molecular weight is 405 g/mol. The Morgan fingerprint density at radius 1 is 1.20 bits per heavy atom. The molecule has 2 aromatic heterocycles. The second-order valence-corrected chi connectivity index (χ2v) is 7.46. The lowest BCUT2D eigenvalue weighted by Crippen LogP contribution is -2.43. The van der Waals surface area contributed by atoms with Gasteiger partial charge in [0.1, 0.15) is 29.5 Å². The molecule has 0 aliphatic heterocycles. The molecule has 1 fully saturated rings. The van der Waals surface area contributed by atoms with E-state index in [1.807, 2.05) is 44.2 Å². The summed E-state index contributed by atoms with van der Waals surface area (Å²) in [6.45, 7) is 3.96.